The molecule has 6 nitrogen and oxygen atoms in total. The van der Waals surface area contributed by atoms with Gasteiger partial charge in [0.15, 0.2) is 11.5 Å². The fourth-order valence-electron chi connectivity index (χ4n) is 1.76. The summed E-state index contributed by atoms with van der Waals surface area (Å²) in [5, 5.41) is 3.50. The van der Waals surface area contributed by atoms with Crippen LogP contribution in [-0.4, -0.2) is 29.0 Å². The van der Waals surface area contributed by atoms with Gasteiger partial charge < -0.3 is 19.9 Å². The van der Waals surface area contributed by atoms with Gasteiger partial charge in [-0.15, -0.1) is 0 Å². The molecule has 0 unspecified atom stereocenters. The van der Waals surface area contributed by atoms with Crippen molar-refractivity contribution < 1.29 is 9.47 Å². The Hall–Kier alpha value is -2.50. The molecule has 2 N–H and O–H groups in total. The summed E-state index contributed by atoms with van der Waals surface area (Å²) < 4.78 is 13.3. The van der Waals surface area contributed by atoms with E-state index in [1.807, 2.05) is 35.9 Å². The molecule has 20 heavy (non-hydrogen) atoms. The highest BCUT2D eigenvalue weighted by Gasteiger charge is 2.06. The van der Waals surface area contributed by atoms with Gasteiger partial charge in [0.1, 0.15) is 6.61 Å². The summed E-state index contributed by atoms with van der Waals surface area (Å²) >= 11 is 0. The van der Waals surface area contributed by atoms with Crippen LogP contribution in [0.1, 0.15) is 12.5 Å². The van der Waals surface area contributed by atoms with Crippen molar-refractivity contribution in [2.45, 2.75) is 13.5 Å². The second kappa shape index (κ2) is 7.18. The number of hydrazone groups is 1. The summed E-state index contributed by atoms with van der Waals surface area (Å²) in [4.78, 5) is 3.98. The van der Waals surface area contributed by atoms with Crippen LogP contribution < -0.4 is 15.3 Å². The summed E-state index contributed by atoms with van der Waals surface area (Å²) in [6.07, 6.45) is 6.96. The van der Waals surface area contributed by atoms with Gasteiger partial charge >= 0.3 is 0 Å². The lowest BCUT2D eigenvalue weighted by atomic mass is 10.2. The molecule has 0 aliphatic carbocycles. The second-order valence-corrected chi connectivity index (χ2v) is 4.07. The largest absolute Gasteiger partial charge is 0.490 e. The molecule has 0 saturated heterocycles. The zero-order valence-electron chi connectivity index (χ0n) is 11.4. The van der Waals surface area contributed by atoms with Crippen LogP contribution in [0.4, 0.5) is 0 Å². The number of nitrogens with zero attached hydrogens (tertiary/aromatic N) is 3. The van der Waals surface area contributed by atoms with Gasteiger partial charge in [0.25, 0.3) is 0 Å². The number of benzene rings is 1. The fourth-order valence-corrected chi connectivity index (χ4v) is 1.76. The van der Waals surface area contributed by atoms with Gasteiger partial charge in [0.05, 0.1) is 25.7 Å². The Balaban J connectivity index is 2.01. The van der Waals surface area contributed by atoms with Crippen LogP contribution >= 0.6 is 0 Å². The highest BCUT2D eigenvalue weighted by atomic mass is 16.5. The summed E-state index contributed by atoms with van der Waals surface area (Å²) in [5.41, 5.74) is 0.873. The second-order valence-electron chi connectivity index (χ2n) is 4.07. The minimum atomic E-state index is 0.542. The Bertz CT molecular complexity index is 552. The number of nitrogens with two attached hydrogens (primary N) is 1. The van der Waals surface area contributed by atoms with Gasteiger partial charge in [0.2, 0.25) is 0 Å². The standard InChI is InChI=1S/C14H18N4O2/c1-2-19-14-9-12(10-17-15)3-4-13(14)20-8-7-18-6-5-16-11-18/h3-6,9-11H,2,7-8,15H2,1H3. The molecule has 0 radical (unpaired) electrons. The first-order valence-electron chi connectivity index (χ1n) is 6.42. The maximum absolute atomic E-state index is 5.75. The molecular formula is C14H18N4O2. The van der Waals surface area contributed by atoms with Crippen molar-refractivity contribution in [1.29, 1.82) is 0 Å². The molecule has 6 heteroatoms. The van der Waals surface area contributed by atoms with E-state index in [-0.39, 0.29) is 0 Å². The third kappa shape index (κ3) is 3.74. The fraction of sp³-hybridized carbons (Fsp3) is 0.286. The van der Waals surface area contributed by atoms with E-state index in [9.17, 15) is 0 Å². The van der Waals surface area contributed by atoms with Crippen molar-refractivity contribution >= 4 is 6.21 Å². The number of imidazole rings is 1. The van der Waals surface area contributed by atoms with Crippen LogP contribution in [0.2, 0.25) is 0 Å². The monoisotopic (exact) mass is 274 g/mol. The predicted molar refractivity (Wildman–Crippen MR) is 77.1 cm³/mol. The van der Waals surface area contributed by atoms with E-state index >= 15 is 0 Å². The molecule has 0 bridgehead atoms. The van der Waals surface area contributed by atoms with E-state index in [4.69, 9.17) is 15.3 Å². The van der Waals surface area contributed by atoms with Gasteiger partial charge in [-0.05, 0) is 30.7 Å². The number of aromatic nitrogens is 2. The smallest absolute Gasteiger partial charge is 0.161 e. The van der Waals surface area contributed by atoms with E-state index in [1.54, 1.807) is 18.7 Å². The van der Waals surface area contributed by atoms with Crippen molar-refractivity contribution in [1.82, 2.24) is 9.55 Å². The third-order valence-corrected chi connectivity index (χ3v) is 2.66. The van der Waals surface area contributed by atoms with Gasteiger partial charge in [-0.2, -0.15) is 5.10 Å². The molecule has 0 aliphatic rings. The van der Waals surface area contributed by atoms with Crippen LogP contribution in [0.15, 0.2) is 42.0 Å². The van der Waals surface area contributed by atoms with E-state index in [0.29, 0.717) is 24.7 Å². The molecule has 0 aliphatic heterocycles. The maximum atomic E-state index is 5.75. The predicted octanol–water partition coefficient (Wildman–Crippen LogP) is 1.65. The van der Waals surface area contributed by atoms with Crippen LogP contribution in [0.25, 0.3) is 0 Å². The Kier molecular flexibility index (Phi) is 5.00. The van der Waals surface area contributed by atoms with Crippen molar-refractivity contribution in [3.63, 3.8) is 0 Å². The lowest BCUT2D eigenvalue weighted by Crippen LogP contribution is -2.07. The number of hydrogen-bond donors (Lipinski definition) is 1. The van der Waals surface area contributed by atoms with Crippen LogP contribution in [0, 0.1) is 0 Å². The van der Waals surface area contributed by atoms with Crippen molar-refractivity contribution in [3.8, 4) is 11.5 Å². The number of rotatable bonds is 7. The summed E-state index contributed by atoms with van der Waals surface area (Å²) in [5.74, 6) is 6.55. The first-order valence-corrected chi connectivity index (χ1v) is 6.42. The highest BCUT2D eigenvalue weighted by molar-refractivity contribution is 5.80. The summed E-state index contributed by atoms with van der Waals surface area (Å²) in [6.45, 7) is 3.78. The van der Waals surface area contributed by atoms with E-state index in [1.165, 1.54) is 0 Å². The summed E-state index contributed by atoms with van der Waals surface area (Å²) in [7, 11) is 0. The quantitative estimate of drug-likeness (QED) is 0.473. The molecule has 1 heterocycles. The van der Waals surface area contributed by atoms with E-state index in [0.717, 1.165) is 12.1 Å². The molecule has 0 spiro atoms. The van der Waals surface area contributed by atoms with Crippen LogP contribution in [-0.2, 0) is 6.54 Å². The summed E-state index contributed by atoms with van der Waals surface area (Å²) in [6, 6.07) is 5.59. The first kappa shape index (κ1) is 13.9. The Morgan fingerprint density at radius 3 is 2.95 bits per heavy atom. The normalized spacial score (nSPS) is 10.8. The minimum absolute atomic E-state index is 0.542. The van der Waals surface area contributed by atoms with Gasteiger partial charge in [-0.3, -0.25) is 0 Å². The molecule has 0 saturated carbocycles. The zero-order valence-corrected chi connectivity index (χ0v) is 11.4. The molecule has 106 valence electrons. The maximum Gasteiger partial charge on any atom is 0.161 e. The molecule has 2 rings (SSSR count). The average molecular weight is 274 g/mol. The first-order chi connectivity index (χ1) is 9.83. The Morgan fingerprint density at radius 1 is 1.35 bits per heavy atom. The van der Waals surface area contributed by atoms with Gasteiger partial charge in [-0.1, -0.05) is 0 Å². The topological polar surface area (TPSA) is 74.7 Å². The lowest BCUT2D eigenvalue weighted by Gasteiger charge is -2.12. The SMILES string of the molecule is CCOc1cc(C=NN)ccc1OCCn1ccnc1. The molecule has 2 aromatic rings. The van der Waals surface area contributed by atoms with Gasteiger partial charge in [0, 0.05) is 12.4 Å². The molecule has 0 amide bonds. The van der Waals surface area contributed by atoms with Crippen molar-refractivity contribution in [2.75, 3.05) is 13.2 Å². The molecule has 0 atom stereocenters. The Labute approximate surface area is 117 Å². The highest BCUT2D eigenvalue weighted by Crippen LogP contribution is 2.28. The van der Waals surface area contributed by atoms with E-state index < -0.39 is 0 Å². The number of hydrogen-bond acceptors (Lipinski definition) is 5. The van der Waals surface area contributed by atoms with Crippen LogP contribution in [0.3, 0.4) is 0 Å². The van der Waals surface area contributed by atoms with Crippen molar-refractivity contribution in [2.24, 2.45) is 10.9 Å². The minimum Gasteiger partial charge on any atom is -0.490 e. The van der Waals surface area contributed by atoms with Gasteiger partial charge in [-0.25, -0.2) is 4.98 Å². The Morgan fingerprint density at radius 2 is 2.25 bits per heavy atom. The van der Waals surface area contributed by atoms with Crippen molar-refractivity contribution in [3.05, 3.63) is 42.5 Å². The number of ether oxygens (including phenoxy) is 2. The van der Waals surface area contributed by atoms with E-state index in [2.05, 4.69) is 10.1 Å². The molecular weight excluding hydrogens is 256 g/mol. The van der Waals surface area contributed by atoms with Crippen LogP contribution in [0.5, 0.6) is 11.5 Å². The lowest BCUT2D eigenvalue weighted by molar-refractivity contribution is 0.266. The average Bonchev–Trinajstić information content (AvgIpc) is 2.95. The molecule has 1 aromatic heterocycles. The molecule has 0 fully saturated rings. The molecule has 1 aromatic carbocycles. The zero-order chi connectivity index (χ0) is 14.2. The third-order valence-electron chi connectivity index (χ3n) is 2.66.